The Morgan fingerprint density at radius 2 is 2.04 bits per heavy atom. The van der Waals surface area contributed by atoms with Crippen molar-refractivity contribution in [2.75, 3.05) is 13.6 Å². The minimum atomic E-state index is 0.221. The molecule has 3 heteroatoms. The van der Waals surface area contributed by atoms with Crippen LogP contribution in [0, 0.1) is 30.1 Å². The molecule has 1 N–H and O–H groups in total. The lowest BCUT2D eigenvalue weighted by atomic mass is 9.59. The molecule has 1 aromatic carbocycles. The van der Waals surface area contributed by atoms with Crippen molar-refractivity contribution in [1.29, 1.82) is 0 Å². The van der Waals surface area contributed by atoms with Gasteiger partial charge in [0.2, 0.25) is 0 Å². The van der Waals surface area contributed by atoms with Crippen LogP contribution in [0.1, 0.15) is 50.2 Å². The number of benzene rings is 1. The number of likely N-dealkylation sites (tertiary alicyclic amines) is 1. The van der Waals surface area contributed by atoms with Crippen LogP contribution in [-0.4, -0.2) is 35.4 Å². The van der Waals surface area contributed by atoms with E-state index in [-0.39, 0.29) is 5.92 Å². The maximum atomic E-state index is 12.8. The van der Waals surface area contributed by atoms with Crippen molar-refractivity contribution in [3.63, 3.8) is 0 Å². The third-order valence-corrected chi connectivity index (χ3v) is 7.88. The van der Waals surface area contributed by atoms with Gasteiger partial charge >= 0.3 is 0 Å². The quantitative estimate of drug-likeness (QED) is 0.905. The molecule has 3 nitrogen and oxygen atoms in total. The number of phenols is 1. The fourth-order valence-electron chi connectivity index (χ4n) is 6.50. The van der Waals surface area contributed by atoms with Crippen molar-refractivity contribution in [2.24, 2.45) is 23.2 Å². The highest BCUT2D eigenvalue weighted by molar-refractivity contribution is 5.82. The van der Waals surface area contributed by atoms with Gasteiger partial charge in [0.15, 0.2) is 0 Å². The van der Waals surface area contributed by atoms with Gasteiger partial charge in [0.1, 0.15) is 11.5 Å². The summed E-state index contributed by atoms with van der Waals surface area (Å²) >= 11 is 0. The molecule has 0 aromatic heterocycles. The summed E-state index contributed by atoms with van der Waals surface area (Å²) in [7, 11) is 2.26. The summed E-state index contributed by atoms with van der Waals surface area (Å²) in [6, 6.07) is 6.26. The first-order valence-electron chi connectivity index (χ1n) is 9.94. The second-order valence-electron chi connectivity index (χ2n) is 8.90. The molecule has 0 radical (unpaired) electrons. The Balaban J connectivity index is 1.55. The van der Waals surface area contributed by atoms with Crippen molar-refractivity contribution >= 4 is 5.78 Å². The first kappa shape index (κ1) is 17.1. The Labute approximate surface area is 151 Å². The number of carbonyl (C=O) groups is 1. The van der Waals surface area contributed by atoms with E-state index in [2.05, 4.69) is 25.8 Å². The lowest BCUT2D eigenvalue weighted by Gasteiger charge is -2.44. The van der Waals surface area contributed by atoms with Crippen molar-refractivity contribution in [1.82, 2.24) is 4.90 Å². The first-order valence-corrected chi connectivity index (χ1v) is 9.94. The average molecular weight is 341 g/mol. The summed E-state index contributed by atoms with van der Waals surface area (Å²) in [5, 5.41) is 9.78. The van der Waals surface area contributed by atoms with Gasteiger partial charge in [-0.2, -0.15) is 0 Å². The molecule has 1 spiro atoms. The molecular formula is C22H31NO2. The molecule has 1 unspecified atom stereocenters. The number of Topliss-reactive ketones (excluding diaryl/α,β-unsaturated/α-hetero) is 1. The summed E-state index contributed by atoms with van der Waals surface area (Å²) in [5.41, 5.74) is 2.80. The second kappa shape index (κ2) is 6.12. The van der Waals surface area contributed by atoms with E-state index in [4.69, 9.17) is 0 Å². The molecule has 0 amide bonds. The minimum absolute atomic E-state index is 0.221. The number of hydrogen-bond acceptors (Lipinski definition) is 3. The van der Waals surface area contributed by atoms with E-state index in [9.17, 15) is 9.90 Å². The molecule has 1 heterocycles. The summed E-state index contributed by atoms with van der Waals surface area (Å²) in [6.45, 7) is 5.65. The predicted molar refractivity (Wildman–Crippen MR) is 99.6 cm³/mol. The van der Waals surface area contributed by atoms with Gasteiger partial charge in [0.05, 0.1) is 0 Å². The number of ketones is 1. The van der Waals surface area contributed by atoms with Gasteiger partial charge in [0.25, 0.3) is 0 Å². The Kier molecular flexibility index (Phi) is 4.18. The number of aryl methyl sites for hydroxylation is 2. The number of nitrogens with zero attached hydrogens (tertiary/aromatic N) is 1. The average Bonchev–Trinajstić information content (AvgIpc) is 3.05. The van der Waals surface area contributed by atoms with E-state index in [1.54, 1.807) is 6.07 Å². The van der Waals surface area contributed by atoms with E-state index in [0.29, 0.717) is 28.9 Å². The van der Waals surface area contributed by atoms with Gasteiger partial charge in [-0.05, 0) is 93.5 Å². The van der Waals surface area contributed by atoms with Crippen LogP contribution in [0.4, 0.5) is 0 Å². The van der Waals surface area contributed by atoms with Gasteiger partial charge in [-0.1, -0.05) is 6.07 Å². The molecule has 2 aliphatic carbocycles. The van der Waals surface area contributed by atoms with Crippen molar-refractivity contribution < 1.29 is 9.90 Å². The summed E-state index contributed by atoms with van der Waals surface area (Å²) in [5.74, 6) is 2.40. The molecule has 136 valence electrons. The SMILES string of the molecule is Cc1ccc(O)cc1CC[C@@H]1C(=O)CC[C@]23CN(C)[C@@H](C)[C@H]2CCC13. The van der Waals surface area contributed by atoms with Gasteiger partial charge in [-0.3, -0.25) is 4.79 Å². The van der Waals surface area contributed by atoms with E-state index in [1.807, 2.05) is 12.1 Å². The molecule has 1 aliphatic heterocycles. The molecule has 1 aromatic rings. The highest BCUT2D eigenvalue weighted by atomic mass is 16.3. The zero-order valence-electron chi connectivity index (χ0n) is 15.8. The smallest absolute Gasteiger partial charge is 0.136 e. The van der Waals surface area contributed by atoms with Gasteiger partial charge in [0, 0.05) is 24.9 Å². The second-order valence-corrected chi connectivity index (χ2v) is 8.90. The highest BCUT2D eigenvalue weighted by Crippen LogP contribution is 2.62. The van der Waals surface area contributed by atoms with E-state index in [0.717, 1.165) is 31.6 Å². The number of carbonyl (C=O) groups excluding carboxylic acids is 1. The van der Waals surface area contributed by atoms with Crippen LogP contribution in [0.25, 0.3) is 0 Å². The Bertz CT molecular complexity index is 685. The van der Waals surface area contributed by atoms with Crippen LogP contribution in [0.2, 0.25) is 0 Å². The molecule has 3 aliphatic rings. The summed E-state index contributed by atoms with van der Waals surface area (Å²) in [4.78, 5) is 15.3. The Morgan fingerprint density at radius 1 is 1.28 bits per heavy atom. The number of hydrogen-bond donors (Lipinski definition) is 1. The molecule has 5 atom stereocenters. The van der Waals surface area contributed by atoms with Gasteiger partial charge in [-0.15, -0.1) is 0 Å². The maximum Gasteiger partial charge on any atom is 0.136 e. The highest BCUT2D eigenvalue weighted by Gasteiger charge is 2.61. The number of phenolic OH excluding ortho intramolecular Hbond substituents is 1. The normalized spacial score (nSPS) is 38.0. The van der Waals surface area contributed by atoms with Crippen LogP contribution in [0.3, 0.4) is 0 Å². The third kappa shape index (κ3) is 2.63. The lowest BCUT2D eigenvalue weighted by molar-refractivity contribution is -0.131. The van der Waals surface area contributed by atoms with Crippen molar-refractivity contribution in [3.8, 4) is 5.75 Å². The molecule has 0 bridgehead atoms. The predicted octanol–water partition coefficient (Wildman–Crippen LogP) is 3.96. The fourth-order valence-corrected chi connectivity index (χ4v) is 6.50. The monoisotopic (exact) mass is 341 g/mol. The Morgan fingerprint density at radius 3 is 2.84 bits per heavy atom. The first-order chi connectivity index (χ1) is 11.9. The topological polar surface area (TPSA) is 40.5 Å². The Hall–Kier alpha value is -1.35. The molecule has 25 heavy (non-hydrogen) atoms. The maximum absolute atomic E-state index is 12.8. The standard InChI is InChI=1S/C22H31NO2/c1-14-4-6-17(24)12-16(14)5-7-18-20-9-8-19-15(2)23(3)13-22(19,20)11-10-21(18)25/h4,6,12,15,18-20,24H,5,7-11,13H2,1-3H3/t15-,18-,19+,20?,22-/m0/s1. The van der Waals surface area contributed by atoms with Crippen LogP contribution in [0.5, 0.6) is 5.75 Å². The molecular weight excluding hydrogens is 310 g/mol. The van der Waals surface area contributed by atoms with E-state index < -0.39 is 0 Å². The van der Waals surface area contributed by atoms with Crippen molar-refractivity contribution in [3.05, 3.63) is 29.3 Å². The van der Waals surface area contributed by atoms with Crippen molar-refractivity contribution in [2.45, 2.75) is 58.4 Å². The third-order valence-electron chi connectivity index (χ3n) is 7.88. The van der Waals surface area contributed by atoms with Crippen LogP contribution < -0.4 is 0 Å². The summed E-state index contributed by atoms with van der Waals surface area (Å²) < 4.78 is 0. The molecule has 3 fully saturated rings. The molecule has 4 rings (SSSR count). The minimum Gasteiger partial charge on any atom is -0.508 e. The van der Waals surface area contributed by atoms with Crippen LogP contribution >= 0.6 is 0 Å². The lowest BCUT2D eigenvalue weighted by Crippen LogP contribution is -2.44. The zero-order chi connectivity index (χ0) is 17.8. The van der Waals surface area contributed by atoms with Gasteiger partial charge < -0.3 is 10.0 Å². The van der Waals surface area contributed by atoms with Crippen LogP contribution in [-0.2, 0) is 11.2 Å². The molecule has 1 saturated heterocycles. The zero-order valence-corrected chi connectivity index (χ0v) is 15.8. The fraction of sp³-hybridized carbons (Fsp3) is 0.682. The largest absolute Gasteiger partial charge is 0.508 e. The number of rotatable bonds is 3. The van der Waals surface area contributed by atoms with E-state index in [1.165, 1.54) is 30.5 Å². The van der Waals surface area contributed by atoms with E-state index >= 15 is 0 Å². The molecule has 2 saturated carbocycles. The van der Waals surface area contributed by atoms with Gasteiger partial charge in [-0.25, -0.2) is 0 Å². The number of aromatic hydroxyl groups is 1. The van der Waals surface area contributed by atoms with Crippen LogP contribution in [0.15, 0.2) is 18.2 Å². The summed E-state index contributed by atoms with van der Waals surface area (Å²) in [6.07, 6.45) is 6.26.